The Labute approximate surface area is 377 Å². The number of nitrogens with one attached hydrogen (secondary N) is 5. The highest BCUT2D eigenvalue weighted by atomic mass is 16.5. The first-order chi connectivity index (χ1) is 31.5. The van der Waals surface area contributed by atoms with Gasteiger partial charge in [-0.05, 0) is 70.7 Å². The van der Waals surface area contributed by atoms with E-state index < -0.39 is 30.3 Å². The largest absolute Gasteiger partial charge is 0.488 e. The van der Waals surface area contributed by atoms with Crippen molar-refractivity contribution in [2.24, 2.45) is 11.8 Å². The fourth-order valence-corrected chi connectivity index (χ4v) is 9.02. The van der Waals surface area contributed by atoms with E-state index in [4.69, 9.17) is 28.9 Å². The predicted molar refractivity (Wildman–Crippen MR) is 245 cm³/mol. The number of carbonyl (C=O) groups is 4. The zero-order valence-electron chi connectivity index (χ0n) is 37.5. The van der Waals surface area contributed by atoms with Gasteiger partial charge in [0.1, 0.15) is 36.1 Å². The molecule has 2 aliphatic heterocycles. The maximum atomic E-state index is 14.4. The lowest BCUT2D eigenvalue weighted by atomic mass is 9.92. The Morgan fingerprint density at radius 3 is 2.43 bits per heavy atom. The van der Waals surface area contributed by atoms with Crippen molar-refractivity contribution >= 4 is 45.8 Å². The second-order valence-electron chi connectivity index (χ2n) is 17.1. The highest BCUT2D eigenvalue weighted by molar-refractivity contribution is 6.07. The van der Waals surface area contributed by atoms with E-state index in [2.05, 4.69) is 63.2 Å². The molecule has 1 saturated heterocycles. The summed E-state index contributed by atoms with van der Waals surface area (Å²) in [6.07, 6.45) is 3.53. The number of H-pyrrole nitrogens is 2. The molecule has 2 aliphatic rings. The SMILES string of the molecule is CCCCC(NC(=O)C(NC(=O)OC)C(C)C)c1ncc(-c2ccc3c(c2)COc2cc4c(ccc5[nH]c(C6CC(COC)CN6C(=O)C(NC(=O)OC)c6ccccc6)nc54)cc2-3)[nH]1. The number of rotatable bonds is 15. The average Bonchev–Trinajstić information content (AvgIpc) is 4.10. The lowest BCUT2D eigenvalue weighted by Crippen LogP contribution is -2.50. The van der Waals surface area contributed by atoms with Crippen LogP contribution in [0, 0.1) is 11.8 Å². The van der Waals surface area contributed by atoms with Gasteiger partial charge in [0.05, 0.1) is 55.8 Å². The molecule has 8 rings (SSSR count). The molecule has 2 aromatic heterocycles. The van der Waals surface area contributed by atoms with E-state index in [9.17, 15) is 19.2 Å². The Morgan fingerprint density at radius 2 is 1.69 bits per heavy atom. The van der Waals surface area contributed by atoms with Gasteiger partial charge in [-0.1, -0.05) is 82.1 Å². The number of unbranched alkanes of at least 4 members (excludes halogenated alkanes) is 1. The van der Waals surface area contributed by atoms with Gasteiger partial charge in [-0.25, -0.2) is 19.6 Å². The number of imidazole rings is 2. The fraction of sp³-hybridized carbons (Fsp3) is 0.388. The van der Waals surface area contributed by atoms with Crippen LogP contribution in [-0.4, -0.2) is 89.4 Å². The number of hydrogen-bond donors (Lipinski definition) is 5. The molecule has 4 heterocycles. The number of benzene rings is 4. The van der Waals surface area contributed by atoms with E-state index >= 15 is 0 Å². The van der Waals surface area contributed by atoms with Crippen molar-refractivity contribution in [2.75, 3.05) is 34.5 Å². The topological polar surface area (TPSA) is 202 Å². The van der Waals surface area contributed by atoms with Gasteiger partial charge >= 0.3 is 12.2 Å². The third-order valence-corrected chi connectivity index (χ3v) is 12.4. The number of nitrogens with zero attached hydrogens (tertiary/aromatic N) is 3. The minimum absolute atomic E-state index is 0.0565. The third-order valence-electron chi connectivity index (χ3n) is 12.4. The van der Waals surface area contributed by atoms with E-state index in [0.717, 1.165) is 68.3 Å². The molecule has 5 atom stereocenters. The zero-order chi connectivity index (χ0) is 45.8. The average molecular weight is 885 g/mol. The first-order valence-electron chi connectivity index (χ1n) is 22.1. The van der Waals surface area contributed by atoms with Gasteiger partial charge in [-0.15, -0.1) is 0 Å². The van der Waals surface area contributed by atoms with Crippen LogP contribution in [0.4, 0.5) is 9.59 Å². The first-order valence-corrected chi connectivity index (χ1v) is 22.1. The second kappa shape index (κ2) is 19.4. The smallest absolute Gasteiger partial charge is 0.407 e. The summed E-state index contributed by atoms with van der Waals surface area (Å²) >= 11 is 0. The van der Waals surface area contributed by atoms with E-state index in [-0.39, 0.29) is 29.7 Å². The van der Waals surface area contributed by atoms with Crippen molar-refractivity contribution in [3.05, 3.63) is 102 Å². The zero-order valence-corrected chi connectivity index (χ0v) is 37.5. The van der Waals surface area contributed by atoms with Crippen molar-refractivity contribution in [2.45, 2.75) is 77.2 Å². The molecule has 0 radical (unpaired) electrons. The highest BCUT2D eigenvalue weighted by Crippen LogP contribution is 2.44. The third kappa shape index (κ3) is 9.34. The molecule has 65 heavy (non-hydrogen) atoms. The Bertz CT molecular complexity index is 2700. The van der Waals surface area contributed by atoms with Crippen molar-refractivity contribution in [1.82, 2.24) is 40.8 Å². The maximum Gasteiger partial charge on any atom is 0.407 e. The van der Waals surface area contributed by atoms with E-state index in [1.807, 2.05) is 56.3 Å². The summed E-state index contributed by atoms with van der Waals surface area (Å²) in [5, 5.41) is 10.4. The van der Waals surface area contributed by atoms with Gasteiger partial charge in [-0.3, -0.25) is 9.59 Å². The van der Waals surface area contributed by atoms with Crippen LogP contribution in [0.2, 0.25) is 0 Å². The summed E-state index contributed by atoms with van der Waals surface area (Å²) < 4.78 is 21.7. The number of aromatic nitrogens is 4. The molecule has 0 bridgehead atoms. The Balaban J connectivity index is 1.06. The molecule has 0 spiro atoms. The monoisotopic (exact) mass is 884 g/mol. The summed E-state index contributed by atoms with van der Waals surface area (Å²) in [4.78, 5) is 70.9. The lowest BCUT2D eigenvalue weighted by molar-refractivity contribution is -0.134. The lowest BCUT2D eigenvalue weighted by Gasteiger charge is -2.28. The number of carbonyl (C=O) groups excluding carboxylic acids is 4. The summed E-state index contributed by atoms with van der Waals surface area (Å²) in [6, 6.07) is 21.2. The minimum Gasteiger partial charge on any atom is -0.488 e. The molecule has 5 unspecified atom stereocenters. The van der Waals surface area contributed by atoms with Gasteiger partial charge in [0.15, 0.2) is 0 Å². The molecular weight excluding hydrogens is 829 g/mol. The van der Waals surface area contributed by atoms with Crippen molar-refractivity contribution < 1.29 is 38.1 Å². The minimum atomic E-state index is -0.957. The van der Waals surface area contributed by atoms with Crippen LogP contribution >= 0.6 is 0 Å². The van der Waals surface area contributed by atoms with Crippen LogP contribution in [0.15, 0.2) is 79.0 Å². The molecule has 0 aliphatic carbocycles. The van der Waals surface area contributed by atoms with Crippen LogP contribution in [0.5, 0.6) is 5.75 Å². The number of fused-ring (bicyclic) bond motifs is 6. The molecule has 0 saturated carbocycles. The van der Waals surface area contributed by atoms with Crippen LogP contribution < -0.4 is 20.7 Å². The molecule has 4 amide bonds. The summed E-state index contributed by atoms with van der Waals surface area (Å²) in [5.74, 6) is 1.36. The maximum absolute atomic E-state index is 14.4. The summed E-state index contributed by atoms with van der Waals surface area (Å²) in [5.41, 5.74) is 7.02. The van der Waals surface area contributed by atoms with Gasteiger partial charge in [0, 0.05) is 30.5 Å². The molecule has 5 N–H and O–H groups in total. The molecule has 4 aromatic carbocycles. The normalized spacial score (nSPS) is 16.9. The Kier molecular flexibility index (Phi) is 13.4. The van der Waals surface area contributed by atoms with Crippen LogP contribution in [0.1, 0.15) is 87.4 Å². The number of amides is 4. The number of alkyl carbamates (subject to hydrolysis) is 2. The predicted octanol–water partition coefficient (Wildman–Crippen LogP) is 8.03. The van der Waals surface area contributed by atoms with Crippen LogP contribution in [-0.2, 0) is 30.4 Å². The molecule has 340 valence electrons. The Morgan fingerprint density at radius 1 is 0.908 bits per heavy atom. The van der Waals surface area contributed by atoms with Gasteiger partial charge < -0.3 is 49.8 Å². The first kappa shape index (κ1) is 44.7. The fourth-order valence-electron chi connectivity index (χ4n) is 9.02. The van der Waals surface area contributed by atoms with Gasteiger partial charge in [0.2, 0.25) is 5.91 Å². The van der Waals surface area contributed by atoms with E-state index in [1.165, 1.54) is 14.2 Å². The van der Waals surface area contributed by atoms with Crippen molar-refractivity contribution in [3.8, 4) is 28.1 Å². The van der Waals surface area contributed by atoms with Gasteiger partial charge in [0.25, 0.3) is 5.91 Å². The molecule has 16 nitrogen and oxygen atoms in total. The van der Waals surface area contributed by atoms with Crippen LogP contribution in [0.3, 0.4) is 0 Å². The molecule has 16 heteroatoms. The molecule has 1 fully saturated rings. The number of likely N-dealkylation sites (tertiary alicyclic amines) is 1. The number of methoxy groups -OCH3 is 3. The highest BCUT2D eigenvalue weighted by Gasteiger charge is 2.41. The van der Waals surface area contributed by atoms with E-state index in [1.54, 1.807) is 18.2 Å². The number of ether oxygens (including phenoxy) is 4. The summed E-state index contributed by atoms with van der Waals surface area (Å²) in [7, 11) is 4.20. The van der Waals surface area contributed by atoms with Gasteiger partial charge in [-0.2, -0.15) is 0 Å². The summed E-state index contributed by atoms with van der Waals surface area (Å²) in [6.45, 7) is 7.08. The molecular formula is C49H56N8O8. The molecule has 6 aromatic rings. The number of aromatic amines is 2. The van der Waals surface area contributed by atoms with E-state index in [0.29, 0.717) is 49.8 Å². The Hall–Kier alpha value is -6.94. The number of hydrogen-bond acceptors (Lipinski definition) is 10. The van der Waals surface area contributed by atoms with Crippen LogP contribution in [0.25, 0.3) is 44.2 Å². The second-order valence-corrected chi connectivity index (χ2v) is 17.1. The standard InChI is InChI=1S/C49H56N8O8/c1-7-8-14-37(53-46(58)41(27(2)3)55-48(60)63-5)44-50-23-38(52-44)31-15-17-33-32(20-31)26-65-40-22-34-30(21-35(33)40)16-18-36-43(34)54-45(51-36)39-19-28(25-62-4)24-57(39)47(59)42(56-49(61)64-6)29-12-10-9-11-13-29/h9-13,15-18,20-23,27-28,37,39,41-42H,7-8,14,19,24-26H2,1-6H3,(H,50,52)(H,51,54)(H,53,58)(H,55,60)(H,56,61). The van der Waals surface area contributed by atoms with Crippen molar-refractivity contribution in [3.63, 3.8) is 0 Å². The quantitative estimate of drug-likeness (QED) is 0.0672. The van der Waals surface area contributed by atoms with Crippen molar-refractivity contribution in [1.29, 1.82) is 0 Å².